The maximum Gasteiger partial charge on any atom is 0.225 e. The van der Waals surface area contributed by atoms with Crippen molar-refractivity contribution >= 4 is 11.8 Å². The quantitative estimate of drug-likeness (QED) is 0.315. The van der Waals surface area contributed by atoms with E-state index < -0.39 is 17.7 Å². The monoisotopic (exact) mass is 449 g/mol. The van der Waals surface area contributed by atoms with Crippen LogP contribution in [0.15, 0.2) is 30.3 Å². The van der Waals surface area contributed by atoms with Crippen LogP contribution in [0.1, 0.15) is 17.9 Å². The Kier molecular flexibility index (Phi) is 9.89. The van der Waals surface area contributed by atoms with Crippen LogP contribution in [0.2, 0.25) is 0 Å². The van der Waals surface area contributed by atoms with Crippen LogP contribution in [0.25, 0.3) is 0 Å². The van der Waals surface area contributed by atoms with Crippen molar-refractivity contribution in [1.29, 1.82) is 0 Å². The van der Waals surface area contributed by atoms with Gasteiger partial charge in [0.25, 0.3) is 0 Å². The van der Waals surface area contributed by atoms with E-state index in [0.717, 1.165) is 6.42 Å². The van der Waals surface area contributed by atoms with E-state index in [2.05, 4.69) is 22.3 Å². The summed E-state index contributed by atoms with van der Waals surface area (Å²) in [6.07, 6.45) is 0.927. The molecule has 4 N–H and O–H groups in total. The Morgan fingerprint density at radius 1 is 0.969 bits per heavy atom. The molecule has 1 saturated carbocycles. The molecule has 2 fully saturated rings. The van der Waals surface area contributed by atoms with Gasteiger partial charge in [-0.25, -0.2) is 0 Å². The van der Waals surface area contributed by atoms with Crippen LogP contribution >= 0.6 is 0 Å². The van der Waals surface area contributed by atoms with Crippen molar-refractivity contribution in [2.24, 2.45) is 17.6 Å². The zero-order valence-corrected chi connectivity index (χ0v) is 18.5. The number of nitrogens with two attached hydrogens (primary N) is 1. The topological polar surface area (TPSA) is 123 Å². The van der Waals surface area contributed by atoms with Gasteiger partial charge in [-0.2, -0.15) is 0 Å². The fraction of sp³-hybridized carbons (Fsp3) is 0.652. The predicted molar refractivity (Wildman–Crippen MR) is 118 cm³/mol. The molecule has 4 atom stereocenters. The highest BCUT2D eigenvalue weighted by atomic mass is 16.5. The van der Waals surface area contributed by atoms with Crippen LogP contribution in [0.5, 0.6) is 0 Å². The van der Waals surface area contributed by atoms with E-state index in [0.29, 0.717) is 65.2 Å². The number of aliphatic hydroxyl groups excluding tert-OH is 1. The summed E-state index contributed by atoms with van der Waals surface area (Å²) in [6, 6.07) is 10.3. The number of aliphatic hydroxyl groups is 1. The van der Waals surface area contributed by atoms with Crippen LogP contribution in [-0.4, -0.2) is 93.7 Å². The van der Waals surface area contributed by atoms with Crippen molar-refractivity contribution in [3.8, 4) is 0 Å². The van der Waals surface area contributed by atoms with Gasteiger partial charge in [0.2, 0.25) is 11.8 Å². The van der Waals surface area contributed by atoms with Gasteiger partial charge in [0.15, 0.2) is 0 Å². The summed E-state index contributed by atoms with van der Waals surface area (Å²) in [5, 5.41) is 11.7. The largest absolute Gasteiger partial charge is 0.394 e. The van der Waals surface area contributed by atoms with Gasteiger partial charge in [0, 0.05) is 31.6 Å². The van der Waals surface area contributed by atoms with Crippen molar-refractivity contribution in [2.75, 3.05) is 65.9 Å². The van der Waals surface area contributed by atoms with Gasteiger partial charge < -0.3 is 30.4 Å². The van der Waals surface area contributed by atoms with E-state index in [9.17, 15) is 9.59 Å². The fourth-order valence-electron chi connectivity index (χ4n) is 4.13. The van der Waals surface area contributed by atoms with Crippen molar-refractivity contribution in [1.82, 2.24) is 10.2 Å². The number of primary amides is 1. The van der Waals surface area contributed by atoms with Gasteiger partial charge in [0.1, 0.15) is 0 Å². The summed E-state index contributed by atoms with van der Waals surface area (Å²) in [5.41, 5.74) is 6.82. The molecule has 9 nitrogen and oxygen atoms in total. The summed E-state index contributed by atoms with van der Waals surface area (Å²) < 4.78 is 16.1. The van der Waals surface area contributed by atoms with Gasteiger partial charge in [-0.15, -0.1) is 0 Å². The second kappa shape index (κ2) is 12.9. The maximum absolute atomic E-state index is 12.9. The van der Waals surface area contributed by atoms with E-state index in [1.54, 1.807) is 0 Å². The minimum Gasteiger partial charge on any atom is -0.394 e. The molecule has 178 valence electrons. The SMILES string of the molecule is NC(=O)C1CN(CCOCCOCCOCCO)CC1C(=O)N[C@H]1C[C@@H]1c1ccccc1. The molecule has 1 aromatic carbocycles. The average Bonchev–Trinajstić information content (AvgIpc) is 3.42. The molecule has 0 aromatic heterocycles. The third-order valence-electron chi connectivity index (χ3n) is 5.98. The molecule has 1 heterocycles. The third-order valence-corrected chi connectivity index (χ3v) is 5.98. The van der Waals surface area contributed by atoms with E-state index in [1.165, 1.54) is 5.56 Å². The molecule has 9 heteroatoms. The van der Waals surface area contributed by atoms with E-state index >= 15 is 0 Å². The number of benzene rings is 1. The Balaban J connectivity index is 1.33. The minimum absolute atomic E-state index is 0.00747. The second-order valence-electron chi connectivity index (χ2n) is 8.30. The first-order valence-corrected chi connectivity index (χ1v) is 11.3. The zero-order chi connectivity index (χ0) is 22.8. The maximum atomic E-state index is 12.9. The number of nitrogens with one attached hydrogen (secondary N) is 1. The third kappa shape index (κ3) is 7.53. The van der Waals surface area contributed by atoms with Gasteiger partial charge in [-0.05, 0) is 12.0 Å². The van der Waals surface area contributed by atoms with Gasteiger partial charge >= 0.3 is 0 Å². The summed E-state index contributed by atoms with van der Waals surface area (Å²) >= 11 is 0. The molecule has 1 aliphatic carbocycles. The van der Waals surface area contributed by atoms with E-state index in [-0.39, 0.29) is 18.6 Å². The number of hydrogen-bond acceptors (Lipinski definition) is 7. The lowest BCUT2D eigenvalue weighted by molar-refractivity contribution is -0.131. The van der Waals surface area contributed by atoms with Crippen molar-refractivity contribution in [2.45, 2.75) is 18.4 Å². The van der Waals surface area contributed by atoms with E-state index in [4.69, 9.17) is 25.1 Å². The number of amides is 2. The summed E-state index contributed by atoms with van der Waals surface area (Å²) in [5.74, 6) is -1.07. The van der Waals surface area contributed by atoms with Crippen molar-refractivity contribution < 1.29 is 28.9 Å². The summed E-state index contributed by atoms with van der Waals surface area (Å²) in [6.45, 7) is 4.24. The average molecular weight is 450 g/mol. The molecule has 1 aliphatic heterocycles. The molecule has 0 spiro atoms. The Morgan fingerprint density at radius 2 is 1.59 bits per heavy atom. The Bertz CT molecular complexity index is 719. The molecular formula is C23H35N3O6. The van der Waals surface area contributed by atoms with Crippen LogP contribution in [0.4, 0.5) is 0 Å². The molecule has 1 saturated heterocycles. The van der Waals surface area contributed by atoms with Gasteiger partial charge in [-0.3, -0.25) is 14.5 Å². The summed E-state index contributed by atoms with van der Waals surface area (Å²) in [4.78, 5) is 26.9. The number of hydrogen-bond donors (Lipinski definition) is 3. The van der Waals surface area contributed by atoms with Gasteiger partial charge in [-0.1, -0.05) is 30.3 Å². The molecule has 3 rings (SSSR count). The lowest BCUT2D eigenvalue weighted by atomic mass is 9.94. The lowest BCUT2D eigenvalue weighted by Crippen LogP contribution is -2.40. The molecule has 1 aromatic rings. The second-order valence-corrected chi connectivity index (χ2v) is 8.30. The van der Waals surface area contributed by atoms with Crippen LogP contribution in [0.3, 0.4) is 0 Å². The Hall–Kier alpha value is -2.04. The number of rotatable bonds is 15. The number of likely N-dealkylation sites (tertiary alicyclic amines) is 1. The fourth-order valence-corrected chi connectivity index (χ4v) is 4.13. The van der Waals surface area contributed by atoms with Crippen LogP contribution in [-0.2, 0) is 23.8 Å². The molecule has 2 amide bonds. The summed E-state index contributed by atoms with van der Waals surface area (Å²) in [7, 11) is 0. The first-order chi connectivity index (χ1) is 15.6. The van der Waals surface area contributed by atoms with E-state index in [1.807, 2.05) is 18.2 Å². The first kappa shape index (κ1) is 24.6. The zero-order valence-electron chi connectivity index (χ0n) is 18.5. The predicted octanol–water partition coefficient (Wildman–Crippen LogP) is -0.266. The lowest BCUT2D eigenvalue weighted by Gasteiger charge is -2.16. The number of carbonyl (C=O) groups excluding carboxylic acids is 2. The number of carbonyl (C=O) groups is 2. The van der Waals surface area contributed by atoms with Gasteiger partial charge in [0.05, 0.1) is 58.1 Å². The minimum atomic E-state index is -0.480. The highest BCUT2D eigenvalue weighted by molar-refractivity contribution is 5.88. The molecule has 0 radical (unpaired) electrons. The smallest absolute Gasteiger partial charge is 0.225 e. The first-order valence-electron chi connectivity index (χ1n) is 11.3. The molecule has 0 bridgehead atoms. The highest BCUT2D eigenvalue weighted by Crippen LogP contribution is 2.41. The van der Waals surface area contributed by atoms with Crippen LogP contribution in [0, 0.1) is 11.8 Å². The van der Waals surface area contributed by atoms with Crippen molar-refractivity contribution in [3.05, 3.63) is 35.9 Å². The Morgan fingerprint density at radius 3 is 2.25 bits per heavy atom. The van der Waals surface area contributed by atoms with Crippen LogP contribution < -0.4 is 11.1 Å². The Labute approximate surface area is 189 Å². The number of nitrogens with zero attached hydrogens (tertiary/aromatic N) is 1. The molecular weight excluding hydrogens is 414 g/mol. The molecule has 32 heavy (non-hydrogen) atoms. The molecule has 2 unspecified atom stereocenters. The standard InChI is InChI=1S/C23H35N3O6/c24-22(28)19-15-26(6-8-30-10-12-32-13-11-31-9-7-27)16-20(19)23(29)25-21-14-18(21)17-4-2-1-3-5-17/h1-5,18-21,27H,6-16H2,(H2,24,28)(H,25,29)/t18-,19?,20?,21+/m1/s1. The van der Waals surface area contributed by atoms with Crippen molar-refractivity contribution in [3.63, 3.8) is 0 Å². The normalized spacial score (nSPS) is 25.0. The highest BCUT2D eigenvalue weighted by Gasteiger charge is 2.45. The molecule has 2 aliphatic rings. The number of ether oxygens (including phenoxy) is 3.